The van der Waals surface area contributed by atoms with Crippen molar-refractivity contribution >= 4 is 5.97 Å². The number of carbonyl (C=O) groups excluding carboxylic acids is 1. The Morgan fingerprint density at radius 3 is 2.47 bits per heavy atom. The zero-order chi connectivity index (χ0) is 12.5. The predicted octanol–water partition coefficient (Wildman–Crippen LogP) is 3.66. The third kappa shape index (κ3) is 5.50. The molecule has 17 heavy (non-hydrogen) atoms. The van der Waals surface area contributed by atoms with Crippen LogP contribution in [0.1, 0.15) is 48.5 Å². The van der Waals surface area contributed by atoms with Crippen molar-refractivity contribution in [2.24, 2.45) is 0 Å². The second kappa shape index (κ2) is 7.85. The summed E-state index contributed by atoms with van der Waals surface area (Å²) in [6.45, 7) is 4.59. The lowest BCUT2D eigenvalue weighted by atomic mass is 10.2. The predicted molar refractivity (Wildman–Crippen MR) is 66.7 cm³/mol. The molecule has 1 aromatic rings. The second-order valence-electron chi connectivity index (χ2n) is 4.12. The quantitative estimate of drug-likeness (QED) is 0.411. The highest BCUT2D eigenvalue weighted by Crippen LogP contribution is 2.05. The van der Waals surface area contributed by atoms with E-state index >= 15 is 0 Å². The zero-order valence-electron chi connectivity index (χ0n) is 10.6. The molecule has 0 saturated carbocycles. The largest absolute Gasteiger partial charge is 0.373 e. The SMILES string of the molecule is CCCCCCOOC(=O)c1ccc(C)cc1. The van der Waals surface area contributed by atoms with Gasteiger partial charge in [-0.15, -0.1) is 0 Å². The van der Waals surface area contributed by atoms with E-state index in [9.17, 15) is 4.79 Å². The van der Waals surface area contributed by atoms with Crippen molar-refractivity contribution in [3.63, 3.8) is 0 Å². The molecule has 0 saturated heterocycles. The minimum absolute atomic E-state index is 0.430. The van der Waals surface area contributed by atoms with Crippen LogP contribution in [0.15, 0.2) is 24.3 Å². The molecule has 0 N–H and O–H groups in total. The maximum Gasteiger partial charge on any atom is 0.373 e. The van der Waals surface area contributed by atoms with Gasteiger partial charge in [0.2, 0.25) is 0 Å². The molecule has 0 spiro atoms. The van der Waals surface area contributed by atoms with Crippen molar-refractivity contribution in [2.75, 3.05) is 6.61 Å². The molecular formula is C14H20O3. The standard InChI is InChI=1S/C14H20O3/c1-3-4-5-6-11-16-17-14(15)13-9-7-12(2)8-10-13/h7-10H,3-6,11H2,1-2H3. The molecule has 3 nitrogen and oxygen atoms in total. The zero-order valence-corrected chi connectivity index (χ0v) is 10.6. The Morgan fingerprint density at radius 1 is 1.12 bits per heavy atom. The van der Waals surface area contributed by atoms with E-state index in [1.165, 1.54) is 12.8 Å². The smallest absolute Gasteiger partial charge is 0.293 e. The maximum absolute atomic E-state index is 11.5. The first-order valence-corrected chi connectivity index (χ1v) is 6.14. The molecule has 0 fully saturated rings. The molecule has 0 aliphatic heterocycles. The van der Waals surface area contributed by atoms with E-state index in [0.717, 1.165) is 18.4 Å². The number of hydrogen-bond donors (Lipinski definition) is 0. The van der Waals surface area contributed by atoms with Gasteiger partial charge in [0.1, 0.15) is 0 Å². The molecule has 3 heteroatoms. The van der Waals surface area contributed by atoms with Crippen LogP contribution in [0.3, 0.4) is 0 Å². The normalized spacial score (nSPS) is 10.2. The third-order valence-electron chi connectivity index (χ3n) is 2.50. The van der Waals surface area contributed by atoms with Crippen LogP contribution >= 0.6 is 0 Å². The number of benzene rings is 1. The van der Waals surface area contributed by atoms with E-state index in [1.54, 1.807) is 12.1 Å². The van der Waals surface area contributed by atoms with Gasteiger partial charge in [-0.05, 0) is 25.5 Å². The number of carbonyl (C=O) groups is 1. The van der Waals surface area contributed by atoms with Crippen molar-refractivity contribution in [3.8, 4) is 0 Å². The van der Waals surface area contributed by atoms with Crippen LogP contribution in [0.2, 0.25) is 0 Å². The molecular weight excluding hydrogens is 216 g/mol. The lowest BCUT2D eigenvalue weighted by molar-refractivity contribution is -0.241. The summed E-state index contributed by atoms with van der Waals surface area (Å²) in [4.78, 5) is 21.1. The summed E-state index contributed by atoms with van der Waals surface area (Å²) in [6.07, 6.45) is 4.41. The van der Waals surface area contributed by atoms with Gasteiger partial charge in [0.15, 0.2) is 0 Å². The van der Waals surface area contributed by atoms with Crippen LogP contribution < -0.4 is 0 Å². The van der Waals surface area contributed by atoms with Crippen molar-refractivity contribution in [1.82, 2.24) is 0 Å². The number of hydrogen-bond acceptors (Lipinski definition) is 3. The molecule has 94 valence electrons. The van der Waals surface area contributed by atoms with Crippen LogP contribution in [0.4, 0.5) is 0 Å². The van der Waals surface area contributed by atoms with Gasteiger partial charge in [-0.3, -0.25) is 4.89 Å². The molecule has 0 bridgehead atoms. The van der Waals surface area contributed by atoms with Gasteiger partial charge in [0, 0.05) is 0 Å². The van der Waals surface area contributed by atoms with Gasteiger partial charge in [-0.1, -0.05) is 43.9 Å². The fourth-order valence-corrected chi connectivity index (χ4v) is 1.42. The molecule has 0 heterocycles. The average molecular weight is 236 g/mol. The first kappa shape index (κ1) is 13.7. The Hall–Kier alpha value is -1.35. The van der Waals surface area contributed by atoms with E-state index in [4.69, 9.17) is 9.78 Å². The van der Waals surface area contributed by atoms with E-state index < -0.39 is 5.97 Å². The minimum Gasteiger partial charge on any atom is -0.293 e. The molecule has 0 aliphatic carbocycles. The summed E-state index contributed by atoms with van der Waals surface area (Å²) < 4.78 is 0. The van der Waals surface area contributed by atoms with Crippen molar-refractivity contribution in [3.05, 3.63) is 35.4 Å². The van der Waals surface area contributed by atoms with Crippen molar-refractivity contribution < 1.29 is 14.6 Å². The lowest BCUT2D eigenvalue weighted by Gasteiger charge is -2.03. The highest BCUT2D eigenvalue weighted by Gasteiger charge is 2.07. The van der Waals surface area contributed by atoms with E-state index in [0.29, 0.717) is 12.2 Å². The monoisotopic (exact) mass is 236 g/mol. The van der Waals surface area contributed by atoms with E-state index in [2.05, 4.69) is 6.92 Å². The summed E-state index contributed by atoms with van der Waals surface area (Å²) in [5, 5.41) is 0. The molecule has 0 aliphatic rings. The number of rotatable bonds is 7. The highest BCUT2D eigenvalue weighted by atomic mass is 17.2. The molecule has 1 rings (SSSR count). The average Bonchev–Trinajstić information content (AvgIpc) is 2.34. The van der Waals surface area contributed by atoms with E-state index in [1.807, 2.05) is 19.1 Å². The van der Waals surface area contributed by atoms with Gasteiger partial charge in [-0.2, -0.15) is 4.89 Å². The summed E-state index contributed by atoms with van der Waals surface area (Å²) in [5.41, 5.74) is 1.63. The van der Waals surface area contributed by atoms with Crippen molar-refractivity contribution in [2.45, 2.75) is 39.5 Å². The van der Waals surface area contributed by atoms with Crippen LogP contribution in [-0.2, 0) is 9.78 Å². The molecule has 0 unspecified atom stereocenters. The van der Waals surface area contributed by atoms with Gasteiger partial charge >= 0.3 is 5.97 Å². The molecule has 0 amide bonds. The van der Waals surface area contributed by atoms with Gasteiger partial charge in [0.05, 0.1) is 12.2 Å². The van der Waals surface area contributed by atoms with Crippen LogP contribution in [0, 0.1) is 6.92 Å². The Balaban J connectivity index is 2.19. The Labute approximate surface area is 103 Å². The topological polar surface area (TPSA) is 35.5 Å². The third-order valence-corrected chi connectivity index (χ3v) is 2.50. The van der Waals surface area contributed by atoms with Crippen LogP contribution in [-0.4, -0.2) is 12.6 Å². The Morgan fingerprint density at radius 2 is 1.82 bits per heavy atom. The van der Waals surface area contributed by atoms with Gasteiger partial charge in [-0.25, -0.2) is 4.79 Å². The molecule has 1 aromatic carbocycles. The Bertz CT molecular complexity index is 330. The summed E-state index contributed by atoms with van der Waals surface area (Å²) in [7, 11) is 0. The van der Waals surface area contributed by atoms with Crippen molar-refractivity contribution in [1.29, 1.82) is 0 Å². The molecule has 0 radical (unpaired) electrons. The molecule has 0 atom stereocenters. The molecule has 0 aromatic heterocycles. The first-order chi connectivity index (χ1) is 8.24. The number of unbranched alkanes of at least 4 members (excludes halogenated alkanes) is 3. The fourth-order valence-electron chi connectivity index (χ4n) is 1.42. The van der Waals surface area contributed by atoms with Gasteiger partial charge in [0.25, 0.3) is 0 Å². The highest BCUT2D eigenvalue weighted by molar-refractivity contribution is 5.88. The lowest BCUT2D eigenvalue weighted by Crippen LogP contribution is -2.06. The first-order valence-electron chi connectivity index (χ1n) is 6.14. The van der Waals surface area contributed by atoms with Crippen LogP contribution in [0.5, 0.6) is 0 Å². The summed E-state index contributed by atoms with van der Waals surface area (Å²) in [5.74, 6) is -0.430. The summed E-state index contributed by atoms with van der Waals surface area (Å²) >= 11 is 0. The fraction of sp³-hybridized carbons (Fsp3) is 0.500. The minimum atomic E-state index is -0.430. The number of aryl methyl sites for hydroxylation is 1. The van der Waals surface area contributed by atoms with Gasteiger partial charge < -0.3 is 0 Å². The summed E-state index contributed by atoms with van der Waals surface area (Å²) in [6, 6.07) is 7.21. The van der Waals surface area contributed by atoms with Crippen LogP contribution in [0.25, 0.3) is 0 Å². The Kier molecular flexibility index (Phi) is 6.33. The second-order valence-corrected chi connectivity index (χ2v) is 4.12. The van der Waals surface area contributed by atoms with E-state index in [-0.39, 0.29) is 0 Å². The maximum atomic E-state index is 11.5.